The molecule has 2 aromatic heterocycles. The number of hydrogen-bond donors (Lipinski definition) is 0. The molecule has 23 heavy (non-hydrogen) atoms. The van der Waals surface area contributed by atoms with Gasteiger partial charge in [0.05, 0.1) is 27.8 Å². The number of amides is 1. The highest BCUT2D eigenvalue weighted by Crippen LogP contribution is 2.31. The number of piperidine rings is 1. The van der Waals surface area contributed by atoms with Crippen LogP contribution < -0.4 is 0 Å². The maximum atomic E-state index is 12.5. The minimum Gasteiger partial charge on any atom is -0.342 e. The molecule has 1 atom stereocenters. The van der Waals surface area contributed by atoms with Gasteiger partial charge in [-0.2, -0.15) is 0 Å². The number of aromatic nitrogens is 2. The average molecular weight is 350 g/mol. The molecular formula is C17H23N3OS2. The van der Waals surface area contributed by atoms with Gasteiger partial charge in [0, 0.05) is 29.8 Å². The van der Waals surface area contributed by atoms with Crippen LogP contribution in [0.4, 0.5) is 0 Å². The first-order chi connectivity index (χ1) is 11.0. The van der Waals surface area contributed by atoms with Crippen molar-refractivity contribution in [1.29, 1.82) is 0 Å². The van der Waals surface area contributed by atoms with Crippen molar-refractivity contribution in [3.63, 3.8) is 0 Å². The summed E-state index contributed by atoms with van der Waals surface area (Å²) in [5.41, 5.74) is 2.07. The van der Waals surface area contributed by atoms with Crippen LogP contribution in [0.1, 0.15) is 59.9 Å². The number of carbonyl (C=O) groups excluding carboxylic acids is 1. The third-order valence-electron chi connectivity index (χ3n) is 4.25. The zero-order chi connectivity index (χ0) is 16.4. The summed E-state index contributed by atoms with van der Waals surface area (Å²) in [6.45, 7) is 7.98. The van der Waals surface area contributed by atoms with Crippen molar-refractivity contribution >= 4 is 28.6 Å². The summed E-state index contributed by atoms with van der Waals surface area (Å²) in [5, 5.41) is 6.37. The molecule has 0 spiro atoms. The normalized spacial score (nSPS) is 18.6. The Kier molecular flexibility index (Phi) is 5.11. The Bertz CT molecular complexity index is 677. The fraction of sp³-hybridized carbons (Fsp3) is 0.588. The van der Waals surface area contributed by atoms with Crippen LogP contribution in [0.15, 0.2) is 10.8 Å². The van der Waals surface area contributed by atoms with Crippen molar-refractivity contribution in [2.45, 2.75) is 51.9 Å². The Labute approximate surface area is 145 Å². The first-order valence-corrected chi connectivity index (χ1v) is 9.93. The summed E-state index contributed by atoms with van der Waals surface area (Å²) < 4.78 is 0. The van der Waals surface area contributed by atoms with E-state index in [2.05, 4.69) is 24.2 Å². The van der Waals surface area contributed by atoms with Crippen LogP contribution in [0.25, 0.3) is 0 Å². The number of thiazole rings is 2. The molecule has 0 saturated carbocycles. The topological polar surface area (TPSA) is 46.1 Å². The van der Waals surface area contributed by atoms with E-state index in [1.54, 1.807) is 22.7 Å². The Hall–Kier alpha value is -1.27. The zero-order valence-corrected chi connectivity index (χ0v) is 15.5. The van der Waals surface area contributed by atoms with E-state index in [1.165, 1.54) is 10.7 Å². The number of nitrogens with zero attached hydrogens (tertiary/aromatic N) is 3. The molecule has 1 aliphatic rings. The van der Waals surface area contributed by atoms with E-state index < -0.39 is 0 Å². The molecule has 0 N–H and O–H groups in total. The van der Waals surface area contributed by atoms with E-state index in [9.17, 15) is 4.79 Å². The number of carbonyl (C=O) groups is 1. The SMILES string of the molecule is Cc1nc(CC(=O)N2CCC[C@@H](c3nc(C(C)C)cs3)C2)cs1. The molecule has 0 aliphatic carbocycles. The van der Waals surface area contributed by atoms with Gasteiger partial charge in [-0.15, -0.1) is 22.7 Å². The van der Waals surface area contributed by atoms with Crippen LogP contribution in [-0.4, -0.2) is 33.9 Å². The molecule has 1 fully saturated rings. The lowest BCUT2D eigenvalue weighted by atomic mass is 9.98. The Morgan fingerprint density at radius 1 is 1.35 bits per heavy atom. The summed E-state index contributed by atoms with van der Waals surface area (Å²) >= 11 is 3.35. The standard InChI is InChI=1S/C17H23N3OS2/c1-11(2)15-10-23-17(19-15)13-5-4-6-20(8-13)16(21)7-14-9-22-12(3)18-14/h9-11,13H,4-8H2,1-3H3/t13-/m1/s1. The first-order valence-electron chi connectivity index (χ1n) is 8.17. The van der Waals surface area contributed by atoms with Crippen LogP contribution in [0.5, 0.6) is 0 Å². The van der Waals surface area contributed by atoms with Gasteiger partial charge in [0.1, 0.15) is 0 Å². The first kappa shape index (κ1) is 16.6. The van der Waals surface area contributed by atoms with Gasteiger partial charge in [-0.25, -0.2) is 9.97 Å². The Balaban J connectivity index is 1.64. The van der Waals surface area contributed by atoms with Crippen LogP contribution in [0, 0.1) is 6.92 Å². The summed E-state index contributed by atoms with van der Waals surface area (Å²) in [7, 11) is 0. The van der Waals surface area contributed by atoms with Gasteiger partial charge in [0.2, 0.25) is 5.91 Å². The lowest BCUT2D eigenvalue weighted by molar-refractivity contribution is -0.131. The number of rotatable bonds is 4. The zero-order valence-electron chi connectivity index (χ0n) is 13.9. The van der Waals surface area contributed by atoms with E-state index in [4.69, 9.17) is 4.98 Å². The number of hydrogen-bond acceptors (Lipinski definition) is 5. The third-order valence-corrected chi connectivity index (χ3v) is 6.10. The molecular weight excluding hydrogens is 326 g/mol. The van der Waals surface area contributed by atoms with Crippen LogP contribution >= 0.6 is 22.7 Å². The van der Waals surface area contributed by atoms with Gasteiger partial charge in [-0.3, -0.25) is 4.79 Å². The molecule has 1 amide bonds. The van der Waals surface area contributed by atoms with Gasteiger partial charge in [-0.05, 0) is 25.7 Å². The van der Waals surface area contributed by atoms with E-state index in [0.717, 1.165) is 36.6 Å². The molecule has 1 aliphatic heterocycles. The molecule has 0 bridgehead atoms. The second-order valence-corrected chi connectivity index (χ2v) is 8.43. The highest BCUT2D eigenvalue weighted by atomic mass is 32.1. The summed E-state index contributed by atoms with van der Waals surface area (Å²) in [6, 6.07) is 0. The lowest BCUT2D eigenvalue weighted by Gasteiger charge is -2.31. The number of likely N-dealkylation sites (tertiary alicyclic amines) is 1. The highest BCUT2D eigenvalue weighted by Gasteiger charge is 2.27. The average Bonchev–Trinajstić information content (AvgIpc) is 3.17. The smallest absolute Gasteiger partial charge is 0.228 e. The molecule has 6 heteroatoms. The van der Waals surface area contributed by atoms with Crippen molar-refractivity contribution in [3.05, 3.63) is 32.2 Å². The fourth-order valence-corrected chi connectivity index (χ4v) is 4.64. The molecule has 4 nitrogen and oxygen atoms in total. The minimum atomic E-state index is 0.195. The lowest BCUT2D eigenvalue weighted by Crippen LogP contribution is -2.40. The van der Waals surface area contributed by atoms with E-state index in [1.807, 2.05) is 17.2 Å². The monoisotopic (exact) mass is 349 g/mol. The fourth-order valence-electron chi connectivity index (χ4n) is 2.91. The Morgan fingerprint density at radius 3 is 2.83 bits per heavy atom. The van der Waals surface area contributed by atoms with Crippen LogP contribution in [0.2, 0.25) is 0 Å². The van der Waals surface area contributed by atoms with E-state index >= 15 is 0 Å². The van der Waals surface area contributed by atoms with Crippen LogP contribution in [-0.2, 0) is 11.2 Å². The third kappa shape index (κ3) is 3.98. The molecule has 0 radical (unpaired) electrons. The van der Waals surface area contributed by atoms with Crippen molar-refractivity contribution < 1.29 is 4.79 Å². The molecule has 0 aromatic carbocycles. The van der Waals surface area contributed by atoms with Crippen molar-refractivity contribution in [2.75, 3.05) is 13.1 Å². The highest BCUT2D eigenvalue weighted by molar-refractivity contribution is 7.10. The van der Waals surface area contributed by atoms with Crippen LogP contribution in [0.3, 0.4) is 0 Å². The van der Waals surface area contributed by atoms with Crippen molar-refractivity contribution in [3.8, 4) is 0 Å². The molecule has 124 valence electrons. The number of aryl methyl sites for hydroxylation is 1. The van der Waals surface area contributed by atoms with Gasteiger partial charge < -0.3 is 4.90 Å². The quantitative estimate of drug-likeness (QED) is 0.839. The molecule has 1 saturated heterocycles. The van der Waals surface area contributed by atoms with E-state index in [-0.39, 0.29) is 5.91 Å². The largest absolute Gasteiger partial charge is 0.342 e. The van der Waals surface area contributed by atoms with Gasteiger partial charge in [0.15, 0.2) is 0 Å². The van der Waals surface area contributed by atoms with Gasteiger partial charge in [-0.1, -0.05) is 13.8 Å². The second kappa shape index (κ2) is 7.09. The molecule has 0 unspecified atom stereocenters. The molecule has 3 rings (SSSR count). The van der Waals surface area contributed by atoms with E-state index in [0.29, 0.717) is 18.3 Å². The molecule has 2 aromatic rings. The summed E-state index contributed by atoms with van der Waals surface area (Å²) in [4.78, 5) is 23.7. The van der Waals surface area contributed by atoms with Crippen molar-refractivity contribution in [1.82, 2.24) is 14.9 Å². The van der Waals surface area contributed by atoms with Crippen molar-refractivity contribution in [2.24, 2.45) is 0 Å². The van der Waals surface area contributed by atoms with Gasteiger partial charge in [0.25, 0.3) is 0 Å². The predicted octanol–water partition coefficient (Wildman–Crippen LogP) is 3.98. The minimum absolute atomic E-state index is 0.195. The predicted molar refractivity (Wildman–Crippen MR) is 95.3 cm³/mol. The second-order valence-electron chi connectivity index (χ2n) is 6.48. The maximum Gasteiger partial charge on any atom is 0.228 e. The molecule has 3 heterocycles. The Morgan fingerprint density at radius 2 is 2.17 bits per heavy atom. The summed E-state index contributed by atoms with van der Waals surface area (Å²) in [6.07, 6.45) is 2.61. The maximum absolute atomic E-state index is 12.5. The van der Waals surface area contributed by atoms with Gasteiger partial charge >= 0.3 is 0 Å². The summed E-state index contributed by atoms with van der Waals surface area (Å²) in [5.74, 6) is 1.05.